The van der Waals surface area contributed by atoms with Crippen molar-refractivity contribution in [1.29, 1.82) is 0 Å². The van der Waals surface area contributed by atoms with Crippen molar-refractivity contribution < 1.29 is 34.1 Å². The monoisotopic (exact) mass is 636 g/mol. The maximum Gasteiger partial charge on any atom is 0.161 e. The molecular formula is C38H40N2O7. The number of phenolic OH excluding ortho intramolecular Hbond substituents is 2. The van der Waals surface area contributed by atoms with E-state index in [9.17, 15) is 19.5 Å². The Morgan fingerprint density at radius 2 is 1.15 bits per heavy atom. The summed E-state index contributed by atoms with van der Waals surface area (Å²) in [6, 6.07) is 28.5. The fourth-order valence-electron chi connectivity index (χ4n) is 5.19. The molecule has 0 aromatic heterocycles. The molecule has 0 atom stereocenters. The molecule has 2 aliphatic rings. The Balaban J connectivity index is 0.000000178. The second-order valence-electron chi connectivity index (χ2n) is 11.2. The van der Waals surface area contributed by atoms with Crippen LogP contribution in [0.4, 0.5) is 11.4 Å². The molecule has 0 spiro atoms. The van der Waals surface area contributed by atoms with Crippen LogP contribution in [-0.2, 0) is 27.2 Å². The van der Waals surface area contributed by atoms with Crippen LogP contribution in [0.5, 0.6) is 23.0 Å². The molecule has 1 saturated carbocycles. The van der Waals surface area contributed by atoms with E-state index in [1.54, 1.807) is 62.8 Å². The zero-order valence-corrected chi connectivity index (χ0v) is 26.6. The summed E-state index contributed by atoms with van der Waals surface area (Å²) in [4.78, 5) is 35.0. The quantitative estimate of drug-likeness (QED) is 0.127. The molecule has 4 aromatic carbocycles. The molecule has 0 bridgehead atoms. The van der Waals surface area contributed by atoms with Crippen molar-refractivity contribution in [2.75, 3.05) is 25.3 Å². The van der Waals surface area contributed by atoms with Crippen LogP contribution in [0, 0.1) is 5.92 Å². The average Bonchev–Trinajstić information content (AvgIpc) is 3.59. The highest BCUT2D eigenvalue weighted by Gasteiger charge is 2.32. The number of phenols is 2. The van der Waals surface area contributed by atoms with Gasteiger partial charge in [-0.1, -0.05) is 24.3 Å². The molecule has 5 N–H and O–H groups in total. The van der Waals surface area contributed by atoms with Crippen molar-refractivity contribution >= 4 is 28.7 Å². The van der Waals surface area contributed by atoms with Crippen LogP contribution in [0.3, 0.4) is 0 Å². The first-order chi connectivity index (χ1) is 22.6. The van der Waals surface area contributed by atoms with Crippen LogP contribution in [0.1, 0.15) is 36.8 Å². The van der Waals surface area contributed by atoms with Crippen molar-refractivity contribution in [3.05, 3.63) is 119 Å². The number of allylic oxidation sites excluding steroid dienone is 2. The maximum absolute atomic E-state index is 12.2. The minimum absolute atomic E-state index is 0.0491. The molecule has 6 rings (SSSR count). The first-order valence-electron chi connectivity index (χ1n) is 15.3. The van der Waals surface area contributed by atoms with Gasteiger partial charge < -0.3 is 30.7 Å². The highest BCUT2D eigenvalue weighted by Crippen LogP contribution is 2.29. The van der Waals surface area contributed by atoms with E-state index in [2.05, 4.69) is 5.32 Å². The number of nitrogens with one attached hydrogen (secondary N) is 1. The third-order valence-electron chi connectivity index (χ3n) is 7.89. The Hall–Kier alpha value is -5.57. The van der Waals surface area contributed by atoms with Crippen LogP contribution < -0.4 is 20.5 Å². The lowest BCUT2D eigenvalue weighted by Crippen LogP contribution is -2.16. The van der Waals surface area contributed by atoms with E-state index >= 15 is 0 Å². The fourth-order valence-corrected chi connectivity index (χ4v) is 5.19. The van der Waals surface area contributed by atoms with Gasteiger partial charge in [0.05, 0.1) is 20.1 Å². The Bertz CT molecular complexity index is 1660. The lowest BCUT2D eigenvalue weighted by molar-refractivity contribution is -0.127. The lowest BCUT2D eigenvalue weighted by atomic mass is 9.96. The van der Waals surface area contributed by atoms with E-state index in [4.69, 9.17) is 20.3 Å². The molecule has 0 unspecified atom stereocenters. The number of rotatable bonds is 8. The largest absolute Gasteiger partial charge is 0.508 e. The minimum Gasteiger partial charge on any atom is -0.508 e. The third-order valence-corrected chi connectivity index (χ3v) is 7.89. The van der Waals surface area contributed by atoms with Gasteiger partial charge in [-0.2, -0.15) is 0 Å². The van der Waals surface area contributed by atoms with Crippen LogP contribution >= 0.6 is 0 Å². The van der Waals surface area contributed by atoms with Gasteiger partial charge in [0.15, 0.2) is 5.78 Å². The average molecular weight is 637 g/mol. The molecule has 9 heteroatoms. The third kappa shape index (κ3) is 10.2. The predicted octanol–water partition coefficient (Wildman–Crippen LogP) is 6.43. The standard InChI is InChI=1S/C19H19NO3.C12H12O3.C7H9NO/c1-23-16-8-4-14(5-9-16)20-18-10-11-19(22)17(18)12-13-2-6-15(21)7-3-13;13-9-3-1-8(2-4-9)7-10-11(14)5-6-12(10)15;1-9-7-4-2-6(8)3-5-7/h2-9,20-21H,10-12H2,1H3;1-4,10,13H,5-7H2;2-5H,8H2,1H3. The Morgan fingerprint density at radius 3 is 1.66 bits per heavy atom. The normalized spacial score (nSPS) is 14.2. The smallest absolute Gasteiger partial charge is 0.161 e. The summed E-state index contributed by atoms with van der Waals surface area (Å²) in [7, 11) is 3.27. The van der Waals surface area contributed by atoms with Crippen LogP contribution in [0.2, 0.25) is 0 Å². The maximum atomic E-state index is 12.2. The Morgan fingerprint density at radius 1 is 0.660 bits per heavy atom. The van der Waals surface area contributed by atoms with E-state index in [1.807, 2.05) is 48.5 Å². The molecule has 0 radical (unpaired) electrons. The number of carbonyl (C=O) groups is 3. The van der Waals surface area contributed by atoms with Gasteiger partial charge in [0.2, 0.25) is 0 Å². The molecular weight excluding hydrogens is 596 g/mol. The summed E-state index contributed by atoms with van der Waals surface area (Å²) >= 11 is 0. The number of ether oxygens (including phenoxy) is 2. The topological polar surface area (TPSA) is 148 Å². The van der Waals surface area contributed by atoms with Crippen molar-refractivity contribution in [2.45, 2.75) is 38.5 Å². The number of anilines is 2. The van der Waals surface area contributed by atoms with Crippen molar-refractivity contribution in [3.63, 3.8) is 0 Å². The number of nitrogen functional groups attached to an aromatic ring is 1. The van der Waals surface area contributed by atoms with Crippen LogP contribution in [0.25, 0.3) is 0 Å². The van der Waals surface area contributed by atoms with Gasteiger partial charge in [-0.15, -0.1) is 0 Å². The second-order valence-corrected chi connectivity index (χ2v) is 11.2. The number of ketones is 3. The van der Waals surface area contributed by atoms with Crippen LogP contribution in [0.15, 0.2) is 108 Å². The molecule has 0 amide bonds. The summed E-state index contributed by atoms with van der Waals surface area (Å²) in [5, 5.41) is 21.8. The number of hydrogen-bond acceptors (Lipinski definition) is 9. The van der Waals surface area contributed by atoms with Crippen molar-refractivity contribution in [1.82, 2.24) is 0 Å². The zero-order valence-electron chi connectivity index (χ0n) is 26.6. The first-order valence-corrected chi connectivity index (χ1v) is 15.3. The van der Waals surface area contributed by atoms with E-state index in [-0.39, 0.29) is 28.8 Å². The van der Waals surface area contributed by atoms with Gasteiger partial charge in [-0.05, 0) is 96.8 Å². The number of aromatic hydroxyl groups is 2. The molecule has 9 nitrogen and oxygen atoms in total. The molecule has 244 valence electrons. The number of Topliss-reactive ketones (excluding diaryl/α,β-unsaturated/α-hetero) is 3. The number of hydrogen-bond donors (Lipinski definition) is 4. The molecule has 1 fully saturated rings. The summed E-state index contributed by atoms with van der Waals surface area (Å²) in [5.41, 5.74) is 10.9. The number of benzene rings is 4. The SMILES string of the molecule is COc1ccc(N)cc1.COc1ccc(NC2=C(Cc3ccc(O)cc3)C(=O)CC2)cc1.O=C1CCC(=O)C1Cc1ccc(O)cc1. The van der Waals surface area contributed by atoms with Crippen molar-refractivity contribution in [3.8, 4) is 23.0 Å². The number of methoxy groups -OCH3 is 2. The predicted molar refractivity (Wildman–Crippen MR) is 182 cm³/mol. The van der Waals surface area contributed by atoms with E-state index in [0.717, 1.165) is 51.7 Å². The first kappa shape index (κ1) is 34.3. The Labute approximate surface area is 274 Å². The lowest BCUT2D eigenvalue weighted by Gasteiger charge is -2.11. The van der Waals surface area contributed by atoms with Crippen molar-refractivity contribution in [2.24, 2.45) is 5.92 Å². The van der Waals surface area contributed by atoms with Crippen LogP contribution in [-0.4, -0.2) is 41.8 Å². The molecule has 0 saturated heterocycles. The molecule has 2 aliphatic carbocycles. The van der Waals surface area contributed by atoms with Gasteiger partial charge in [0.1, 0.15) is 34.6 Å². The van der Waals surface area contributed by atoms with E-state index in [0.29, 0.717) is 32.1 Å². The summed E-state index contributed by atoms with van der Waals surface area (Å²) < 4.78 is 10.1. The minimum atomic E-state index is -0.449. The zero-order chi connectivity index (χ0) is 33.8. The molecule has 0 heterocycles. The highest BCUT2D eigenvalue weighted by atomic mass is 16.5. The fraction of sp³-hybridized carbons (Fsp3) is 0.237. The number of nitrogens with two attached hydrogens (primary N) is 1. The molecule has 47 heavy (non-hydrogen) atoms. The van der Waals surface area contributed by atoms with Gasteiger partial charge in [-0.25, -0.2) is 0 Å². The van der Waals surface area contributed by atoms with Gasteiger partial charge in [0, 0.05) is 48.3 Å². The molecule has 0 aliphatic heterocycles. The number of carbonyl (C=O) groups excluding carboxylic acids is 3. The summed E-state index contributed by atoms with van der Waals surface area (Å²) in [5.74, 6) is 1.91. The van der Waals surface area contributed by atoms with Gasteiger partial charge >= 0.3 is 0 Å². The molecule has 4 aromatic rings. The van der Waals surface area contributed by atoms with E-state index in [1.165, 1.54) is 0 Å². The van der Waals surface area contributed by atoms with Gasteiger partial charge in [-0.3, -0.25) is 14.4 Å². The highest BCUT2D eigenvalue weighted by molar-refractivity contribution is 6.08. The van der Waals surface area contributed by atoms with E-state index < -0.39 is 5.92 Å². The van der Waals surface area contributed by atoms with Gasteiger partial charge in [0.25, 0.3) is 0 Å². The summed E-state index contributed by atoms with van der Waals surface area (Å²) in [6.07, 6.45) is 3.11. The summed E-state index contributed by atoms with van der Waals surface area (Å²) in [6.45, 7) is 0. The Kier molecular flexibility index (Phi) is 12.2. The second kappa shape index (κ2) is 16.7.